The van der Waals surface area contributed by atoms with Gasteiger partial charge in [0.15, 0.2) is 0 Å². The molecule has 0 radical (unpaired) electrons. The van der Waals surface area contributed by atoms with Crippen molar-refractivity contribution in [2.75, 3.05) is 0 Å². The third-order valence-corrected chi connectivity index (χ3v) is 2.04. The summed E-state index contributed by atoms with van der Waals surface area (Å²) in [4.78, 5) is 3.93. The van der Waals surface area contributed by atoms with E-state index in [1.807, 2.05) is 12.1 Å². The second kappa shape index (κ2) is 4.08. The van der Waals surface area contributed by atoms with Crippen LogP contribution in [-0.4, -0.2) is 4.98 Å². The first-order valence-electron chi connectivity index (χ1n) is 3.51. The van der Waals surface area contributed by atoms with Crippen LogP contribution in [0.1, 0.15) is 18.4 Å². The molecule has 1 aromatic rings. The topological polar surface area (TPSA) is 38.9 Å². The smallest absolute Gasteiger partial charge is 0.0412 e. The SMILES string of the molecule is Cl.Cl.NC1(c2ccncc2)CC1. The summed E-state index contributed by atoms with van der Waals surface area (Å²) in [5.74, 6) is 0. The first-order valence-corrected chi connectivity index (χ1v) is 3.51. The Morgan fingerprint density at radius 1 is 1.17 bits per heavy atom. The quantitative estimate of drug-likeness (QED) is 0.763. The monoisotopic (exact) mass is 206 g/mol. The van der Waals surface area contributed by atoms with Crippen LogP contribution in [0.15, 0.2) is 24.5 Å². The molecule has 0 unspecified atom stereocenters. The van der Waals surface area contributed by atoms with E-state index in [2.05, 4.69) is 4.98 Å². The van der Waals surface area contributed by atoms with E-state index in [0.29, 0.717) is 0 Å². The molecular weight excluding hydrogens is 195 g/mol. The Labute approximate surface area is 84.4 Å². The van der Waals surface area contributed by atoms with Crippen molar-refractivity contribution in [3.63, 3.8) is 0 Å². The van der Waals surface area contributed by atoms with E-state index in [1.165, 1.54) is 5.56 Å². The van der Waals surface area contributed by atoms with E-state index in [0.717, 1.165) is 12.8 Å². The van der Waals surface area contributed by atoms with Crippen molar-refractivity contribution in [3.8, 4) is 0 Å². The molecule has 0 bridgehead atoms. The minimum Gasteiger partial charge on any atom is -0.321 e. The van der Waals surface area contributed by atoms with Gasteiger partial charge in [0.1, 0.15) is 0 Å². The zero-order valence-electron chi connectivity index (χ0n) is 6.56. The van der Waals surface area contributed by atoms with Crippen molar-refractivity contribution >= 4 is 24.8 Å². The maximum Gasteiger partial charge on any atom is 0.0412 e. The van der Waals surface area contributed by atoms with Crippen LogP contribution in [0.2, 0.25) is 0 Å². The molecule has 1 fully saturated rings. The molecule has 1 heterocycles. The van der Waals surface area contributed by atoms with Crippen LogP contribution in [0.25, 0.3) is 0 Å². The van der Waals surface area contributed by atoms with Gasteiger partial charge in [0, 0.05) is 17.9 Å². The normalized spacial score (nSPS) is 17.1. The number of hydrogen-bond acceptors (Lipinski definition) is 2. The summed E-state index contributed by atoms with van der Waals surface area (Å²) < 4.78 is 0. The van der Waals surface area contributed by atoms with Gasteiger partial charge in [0.2, 0.25) is 0 Å². The van der Waals surface area contributed by atoms with Crippen molar-refractivity contribution in [1.29, 1.82) is 0 Å². The Morgan fingerprint density at radius 2 is 1.67 bits per heavy atom. The zero-order valence-corrected chi connectivity index (χ0v) is 8.20. The fraction of sp³-hybridized carbons (Fsp3) is 0.375. The van der Waals surface area contributed by atoms with Gasteiger partial charge in [-0.1, -0.05) is 0 Å². The molecule has 68 valence electrons. The summed E-state index contributed by atoms with van der Waals surface area (Å²) in [6.45, 7) is 0. The summed E-state index contributed by atoms with van der Waals surface area (Å²) in [5, 5.41) is 0. The third kappa shape index (κ3) is 2.09. The van der Waals surface area contributed by atoms with Gasteiger partial charge >= 0.3 is 0 Å². The molecule has 0 spiro atoms. The van der Waals surface area contributed by atoms with Crippen LogP contribution >= 0.6 is 24.8 Å². The molecule has 2 N–H and O–H groups in total. The summed E-state index contributed by atoms with van der Waals surface area (Å²) in [5.41, 5.74) is 7.17. The Morgan fingerprint density at radius 3 is 2.08 bits per heavy atom. The lowest BCUT2D eigenvalue weighted by molar-refractivity contribution is 0.738. The van der Waals surface area contributed by atoms with Gasteiger partial charge in [-0.25, -0.2) is 0 Å². The highest BCUT2D eigenvalue weighted by Gasteiger charge is 2.39. The van der Waals surface area contributed by atoms with Crippen molar-refractivity contribution in [3.05, 3.63) is 30.1 Å². The Kier molecular flexibility index (Phi) is 3.97. The average molecular weight is 207 g/mol. The lowest BCUT2D eigenvalue weighted by Gasteiger charge is -2.06. The number of nitrogens with zero attached hydrogens (tertiary/aromatic N) is 1. The lowest BCUT2D eigenvalue weighted by Crippen LogP contribution is -2.18. The third-order valence-electron chi connectivity index (χ3n) is 2.04. The van der Waals surface area contributed by atoms with Crippen molar-refractivity contribution < 1.29 is 0 Å². The molecule has 2 nitrogen and oxygen atoms in total. The number of hydrogen-bond donors (Lipinski definition) is 1. The molecule has 4 heteroatoms. The molecule has 12 heavy (non-hydrogen) atoms. The first kappa shape index (κ1) is 11.7. The highest BCUT2D eigenvalue weighted by molar-refractivity contribution is 5.85. The van der Waals surface area contributed by atoms with E-state index in [1.54, 1.807) is 12.4 Å². The molecule has 0 amide bonds. The summed E-state index contributed by atoms with van der Waals surface area (Å²) in [6, 6.07) is 3.99. The number of pyridine rings is 1. The van der Waals surface area contributed by atoms with E-state index in [-0.39, 0.29) is 30.4 Å². The maximum absolute atomic E-state index is 5.94. The van der Waals surface area contributed by atoms with Crippen LogP contribution in [0.3, 0.4) is 0 Å². The van der Waals surface area contributed by atoms with E-state index >= 15 is 0 Å². The summed E-state index contributed by atoms with van der Waals surface area (Å²) >= 11 is 0. The van der Waals surface area contributed by atoms with Gasteiger partial charge in [0.25, 0.3) is 0 Å². The molecule has 0 aliphatic heterocycles. The van der Waals surface area contributed by atoms with Crippen LogP contribution < -0.4 is 5.73 Å². The van der Waals surface area contributed by atoms with Crippen molar-refractivity contribution in [2.24, 2.45) is 5.73 Å². The Hall–Kier alpha value is -0.310. The minimum absolute atomic E-state index is 0. The Balaban J connectivity index is 0.000000605. The summed E-state index contributed by atoms with van der Waals surface area (Å²) in [7, 11) is 0. The Bertz CT molecular complexity index is 234. The second-order valence-electron chi connectivity index (χ2n) is 2.89. The maximum atomic E-state index is 5.94. The van der Waals surface area contributed by atoms with Crippen molar-refractivity contribution in [2.45, 2.75) is 18.4 Å². The molecule has 1 aliphatic rings. The molecule has 1 aromatic heterocycles. The fourth-order valence-corrected chi connectivity index (χ4v) is 1.11. The molecular formula is C8H12Cl2N2. The zero-order chi connectivity index (χ0) is 7.03. The van der Waals surface area contributed by atoms with Gasteiger partial charge in [-0.05, 0) is 30.5 Å². The number of halogens is 2. The molecule has 2 rings (SSSR count). The number of nitrogens with two attached hydrogens (primary N) is 1. The highest BCUT2D eigenvalue weighted by Crippen LogP contribution is 2.41. The molecule has 0 atom stereocenters. The average Bonchev–Trinajstić information content (AvgIpc) is 2.72. The standard InChI is InChI=1S/C8H10N2.2ClH/c9-8(3-4-8)7-1-5-10-6-2-7;;/h1-2,5-6H,3-4,9H2;2*1H. The molecule has 0 aromatic carbocycles. The fourth-order valence-electron chi connectivity index (χ4n) is 1.11. The first-order chi connectivity index (χ1) is 4.81. The van der Waals surface area contributed by atoms with Gasteiger partial charge in [-0.15, -0.1) is 24.8 Å². The highest BCUT2D eigenvalue weighted by atomic mass is 35.5. The molecule has 0 saturated heterocycles. The number of rotatable bonds is 1. The van der Waals surface area contributed by atoms with Crippen molar-refractivity contribution in [1.82, 2.24) is 4.98 Å². The van der Waals surface area contributed by atoms with Crippen LogP contribution in [-0.2, 0) is 5.54 Å². The predicted molar refractivity (Wildman–Crippen MR) is 53.8 cm³/mol. The van der Waals surface area contributed by atoms with Crippen LogP contribution in [0.4, 0.5) is 0 Å². The van der Waals surface area contributed by atoms with Gasteiger partial charge in [-0.3, -0.25) is 4.98 Å². The van der Waals surface area contributed by atoms with Gasteiger partial charge in [-0.2, -0.15) is 0 Å². The second-order valence-corrected chi connectivity index (χ2v) is 2.89. The van der Waals surface area contributed by atoms with E-state index in [4.69, 9.17) is 5.73 Å². The van der Waals surface area contributed by atoms with Gasteiger partial charge in [0.05, 0.1) is 0 Å². The lowest BCUT2D eigenvalue weighted by atomic mass is 10.1. The van der Waals surface area contributed by atoms with E-state index in [9.17, 15) is 0 Å². The number of aromatic nitrogens is 1. The predicted octanol–water partition coefficient (Wildman–Crippen LogP) is 1.87. The largest absolute Gasteiger partial charge is 0.321 e. The molecule has 1 aliphatic carbocycles. The van der Waals surface area contributed by atoms with E-state index < -0.39 is 0 Å². The minimum atomic E-state index is 0. The van der Waals surface area contributed by atoms with Crippen LogP contribution in [0, 0.1) is 0 Å². The van der Waals surface area contributed by atoms with Gasteiger partial charge < -0.3 is 5.73 Å². The molecule has 1 saturated carbocycles. The summed E-state index contributed by atoms with van der Waals surface area (Å²) in [6.07, 6.45) is 5.83. The van der Waals surface area contributed by atoms with Crippen LogP contribution in [0.5, 0.6) is 0 Å².